The van der Waals surface area contributed by atoms with Crippen LogP contribution in [0.4, 0.5) is 4.79 Å². The molecule has 1 heterocycles. The Morgan fingerprint density at radius 3 is 3.00 bits per heavy atom. The zero-order chi connectivity index (χ0) is 8.10. The summed E-state index contributed by atoms with van der Waals surface area (Å²) in [5.41, 5.74) is 0. The van der Waals surface area contributed by atoms with Gasteiger partial charge in [-0.05, 0) is 0 Å². The first kappa shape index (κ1) is 8.29. The van der Waals surface area contributed by atoms with E-state index >= 15 is 0 Å². The molecule has 1 amide bonds. The molecule has 1 atom stereocenters. The molecule has 0 aromatic heterocycles. The van der Waals surface area contributed by atoms with Gasteiger partial charge in [0.2, 0.25) is 0 Å². The van der Waals surface area contributed by atoms with Gasteiger partial charge in [0, 0.05) is 32.2 Å². The number of hydrogen-bond acceptors (Lipinski definition) is 3. The second kappa shape index (κ2) is 4.15. The van der Waals surface area contributed by atoms with E-state index < -0.39 is 6.09 Å². The number of hydrogen-bond donors (Lipinski definition) is 4. The van der Waals surface area contributed by atoms with E-state index in [2.05, 4.69) is 16.0 Å². The van der Waals surface area contributed by atoms with Crippen LogP contribution in [0.2, 0.25) is 0 Å². The zero-order valence-corrected chi connectivity index (χ0v) is 6.26. The average molecular weight is 159 g/mol. The fraction of sp³-hybridized carbons (Fsp3) is 0.833. The van der Waals surface area contributed by atoms with Crippen LogP contribution in [0, 0.1) is 0 Å². The minimum absolute atomic E-state index is 0.236. The third-order valence-corrected chi connectivity index (χ3v) is 1.63. The van der Waals surface area contributed by atoms with Gasteiger partial charge >= 0.3 is 6.09 Å². The highest BCUT2D eigenvalue weighted by molar-refractivity contribution is 5.64. The lowest BCUT2D eigenvalue weighted by atomic mass is 10.2. The van der Waals surface area contributed by atoms with Crippen molar-refractivity contribution in [1.82, 2.24) is 16.0 Å². The van der Waals surface area contributed by atoms with E-state index in [0.29, 0.717) is 6.54 Å². The number of rotatable bonds is 2. The molecule has 1 fully saturated rings. The van der Waals surface area contributed by atoms with Gasteiger partial charge < -0.3 is 21.1 Å². The maximum Gasteiger partial charge on any atom is 0.404 e. The molecule has 1 aliphatic rings. The number of carbonyl (C=O) groups is 1. The standard InChI is InChI=1S/C6H13N3O2/c10-6(11)9-4-5-3-7-1-2-8-5/h5,7-9H,1-4H2,(H,10,11). The summed E-state index contributed by atoms with van der Waals surface area (Å²) in [7, 11) is 0. The van der Waals surface area contributed by atoms with Crippen LogP contribution in [-0.4, -0.2) is 43.4 Å². The van der Waals surface area contributed by atoms with Crippen LogP contribution in [0.3, 0.4) is 0 Å². The third kappa shape index (κ3) is 3.20. The average Bonchev–Trinajstić information content (AvgIpc) is 2.03. The fourth-order valence-electron chi connectivity index (χ4n) is 1.07. The summed E-state index contributed by atoms with van der Waals surface area (Å²) in [5, 5.41) is 17.0. The summed E-state index contributed by atoms with van der Waals surface area (Å²) in [6.07, 6.45) is -0.961. The van der Waals surface area contributed by atoms with E-state index in [4.69, 9.17) is 5.11 Å². The van der Waals surface area contributed by atoms with Gasteiger partial charge in [0.25, 0.3) is 0 Å². The van der Waals surface area contributed by atoms with E-state index in [1.165, 1.54) is 0 Å². The Balaban J connectivity index is 2.09. The summed E-state index contributed by atoms with van der Waals surface area (Å²) in [5.74, 6) is 0. The summed E-state index contributed by atoms with van der Waals surface area (Å²) in [4.78, 5) is 10.1. The predicted octanol–water partition coefficient (Wildman–Crippen LogP) is -1.18. The first-order chi connectivity index (χ1) is 5.29. The maximum absolute atomic E-state index is 10.1. The van der Waals surface area contributed by atoms with Gasteiger partial charge in [-0.15, -0.1) is 0 Å². The predicted molar refractivity (Wildman–Crippen MR) is 40.7 cm³/mol. The van der Waals surface area contributed by atoms with Crippen LogP contribution in [0.1, 0.15) is 0 Å². The van der Waals surface area contributed by atoms with E-state index in [0.717, 1.165) is 19.6 Å². The SMILES string of the molecule is O=C(O)NCC1CNCCN1. The summed E-state index contributed by atoms with van der Waals surface area (Å²) in [6, 6.07) is 0.236. The van der Waals surface area contributed by atoms with Crippen molar-refractivity contribution < 1.29 is 9.90 Å². The largest absolute Gasteiger partial charge is 0.465 e. The molecule has 4 N–H and O–H groups in total. The normalized spacial score (nSPS) is 24.5. The maximum atomic E-state index is 10.1. The quantitative estimate of drug-likeness (QED) is 0.409. The highest BCUT2D eigenvalue weighted by atomic mass is 16.4. The molecule has 0 saturated carbocycles. The van der Waals surface area contributed by atoms with Gasteiger partial charge in [-0.1, -0.05) is 0 Å². The highest BCUT2D eigenvalue weighted by Gasteiger charge is 2.11. The van der Waals surface area contributed by atoms with Crippen LogP contribution >= 0.6 is 0 Å². The van der Waals surface area contributed by atoms with Crippen LogP contribution in [0.5, 0.6) is 0 Å². The lowest BCUT2D eigenvalue weighted by Gasteiger charge is -2.23. The molecule has 0 aromatic rings. The number of carboxylic acid groups (broad SMARTS) is 1. The van der Waals surface area contributed by atoms with Crippen molar-refractivity contribution in [1.29, 1.82) is 0 Å². The molecule has 64 valence electrons. The van der Waals surface area contributed by atoms with Gasteiger partial charge in [0.15, 0.2) is 0 Å². The van der Waals surface area contributed by atoms with Crippen LogP contribution in [0.15, 0.2) is 0 Å². The zero-order valence-electron chi connectivity index (χ0n) is 6.26. The molecule has 0 bridgehead atoms. The first-order valence-electron chi connectivity index (χ1n) is 3.70. The van der Waals surface area contributed by atoms with Crippen molar-refractivity contribution in [2.45, 2.75) is 6.04 Å². The lowest BCUT2D eigenvalue weighted by molar-refractivity contribution is 0.192. The van der Waals surface area contributed by atoms with E-state index in [9.17, 15) is 4.79 Å². The van der Waals surface area contributed by atoms with Gasteiger partial charge in [-0.3, -0.25) is 0 Å². The highest BCUT2D eigenvalue weighted by Crippen LogP contribution is 1.83. The molecule has 5 heteroatoms. The van der Waals surface area contributed by atoms with E-state index in [-0.39, 0.29) is 6.04 Å². The van der Waals surface area contributed by atoms with Crippen LogP contribution in [0.25, 0.3) is 0 Å². The second-order valence-corrected chi connectivity index (χ2v) is 2.54. The topological polar surface area (TPSA) is 73.4 Å². The summed E-state index contributed by atoms with van der Waals surface area (Å²) >= 11 is 0. The van der Waals surface area contributed by atoms with E-state index in [1.54, 1.807) is 0 Å². The van der Waals surface area contributed by atoms with Crippen molar-refractivity contribution in [3.8, 4) is 0 Å². The number of piperazine rings is 1. The molecule has 1 rings (SSSR count). The Morgan fingerprint density at radius 1 is 1.64 bits per heavy atom. The van der Waals surface area contributed by atoms with Crippen molar-refractivity contribution in [3.63, 3.8) is 0 Å². The monoisotopic (exact) mass is 159 g/mol. The molecular weight excluding hydrogens is 146 g/mol. The Hall–Kier alpha value is -0.810. The summed E-state index contributed by atoms with van der Waals surface area (Å²) in [6.45, 7) is 3.18. The van der Waals surface area contributed by atoms with Crippen LogP contribution in [-0.2, 0) is 0 Å². The van der Waals surface area contributed by atoms with Gasteiger partial charge in [-0.2, -0.15) is 0 Å². The third-order valence-electron chi connectivity index (χ3n) is 1.63. The Kier molecular flexibility index (Phi) is 3.13. The molecule has 5 nitrogen and oxygen atoms in total. The first-order valence-corrected chi connectivity index (χ1v) is 3.70. The second-order valence-electron chi connectivity index (χ2n) is 2.54. The van der Waals surface area contributed by atoms with Crippen molar-refractivity contribution in [2.75, 3.05) is 26.2 Å². The number of nitrogens with one attached hydrogen (secondary N) is 3. The lowest BCUT2D eigenvalue weighted by Crippen LogP contribution is -2.53. The van der Waals surface area contributed by atoms with Gasteiger partial charge in [-0.25, -0.2) is 4.79 Å². The van der Waals surface area contributed by atoms with Crippen molar-refractivity contribution >= 4 is 6.09 Å². The minimum atomic E-state index is -0.961. The van der Waals surface area contributed by atoms with Crippen LogP contribution < -0.4 is 16.0 Å². The van der Waals surface area contributed by atoms with Crippen molar-refractivity contribution in [2.24, 2.45) is 0 Å². The minimum Gasteiger partial charge on any atom is -0.465 e. The van der Waals surface area contributed by atoms with E-state index in [1.807, 2.05) is 0 Å². The Morgan fingerprint density at radius 2 is 2.45 bits per heavy atom. The number of amides is 1. The Labute approximate surface area is 65.2 Å². The smallest absolute Gasteiger partial charge is 0.404 e. The molecule has 1 unspecified atom stereocenters. The molecule has 1 aliphatic heterocycles. The molecule has 0 radical (unpaired) electrons. The fourth-order valence-corrected chi connectivity index (χ4v) is 1.07. The van der Waals surface area contributed by atoms with Gasteiger partial charge in [0.1, 0.15) is 0 Å². The summed E-state index contributed by atoms with van der Waals surface area (Å²) < 4.78 is 0. The molecule has 1 saturated heterocycles. The van der Waals surface area contributed by atoms with Gasteiger partial charge in [0.05, 0.1) is 0 Å². The van der Waals surface area contributed by atoms with Crippen molar-refractivity contribution in [3.05, 3.63) is 0 Å². The molecule has 0 spiro atoms. The molecule has 0 aliphatic carbocycles. The molecule has 11 heavy (non-hydrogen) atoms. The molecule has 0 aromatic carbocycles. The Bertz CT molecular complexity index is 134. The molecular formula is C6H13N3O2.